The number of hydrogen-bond donors (Lipinski definition) is 0. The standard InChI is InChI=1S/C17H23N3O4S/c1-3-19(25(22,23)4-2)12-16(21)20-10-9-18-8-5-6-15(18)17(20)14-7-11-24-13-14/h5-8,11,13,17H,3-4,9-10,12H2,1-2H3/t17-/m0/s1. The SMILES string of the molecule is CCN(CC(=O)N1CCn2cccc2[C@@H]1c1ccoc1)S(=O)(=O)CC. The van der Waals surface area contributed by atoms with Crippen molar-refractivity contribution in [1.29, 1.82) is 0 Å². The Labute approximate surface area is 147 Å². The van der Waals surface area contributed by atoms with Crippen LogP contribution in [0.4, 0.5) is 0 Å². The molecule has 2 aromatic heterocycles. The minimum absolute atomic E-state index is 0.0118. The molecule has 0 saturated carbocycles. The van der Waals surface area contributed by atoms with Crippen LogP contribution in [-0.2, 0) is 21.4 Å². The molecule has 0 aliphatic carbocycles. The lowest BCUT2D eigenvalue weighted by Gasteiger charge is -2.37. The minimum atomic E-state index is -3.40. The Morgan fingerprint density at radius 2 is 2.12 bits per heavy atom. The number of hydrogen-bond acceptors (Lipinski definition) is 4. The molecule has 0 spiro atoms. The molecule has 0 saturated heterocycles. The van der Waals surface area contributed by atoms with Crippen LogP contribution in [0.2, 0.25) is 0 Å². The maximum Gasteiger partial charge on any atom is 0.238 e. The third-order valence-corrected chi connectivity index (χ3v) is 6.54. The topological polar surface area (TPSA) is 75.8 Å². The summed E-state index contributed by atoms with van der Waals surface area (Å²) in [6, 6.07) is 5.51. The largest absolute Gasteiger partial charge is 0.472 e. The second-order valence-electron chi connectivity index (χ2n) is 6.00. The Morgan fingerprint density at radius 1 is 1.32 bits per heavy atom. The van der Waals surface area contributed by atoms with E-state index in [0.717, 1.165) is 11.3 Å². The normalized spacial score (nSPS) is 17.7. The number of carbonyl (C=O) groups is 1. The number of furan rings is 1. The molecule has 3 rings (SSSR count). The van der Waals surface area contributed by atoms with Crippen molar-refractivity contribution in [3.8, 4) is 0 Å². The molecular weight excluding hydrogens is 342 g/mol. The van der Waals surface area contributed by atoms with Crippen LogP contribution in [0.25, 0.3) is 0 Å². The molecule has 1 aliphatic rings. The summed E-state index contributed by atoms with van der Waals surface area (Å²) in [7, 11) is -3.40. The van der Waals surface area contributed by atoms with Crippen LogP contribution < -0.4 is 0 Å². The zero-order valence-corrected chi connectivity index (χ0v) is 15.3. The van der Waals surface area contributed by atoms with Crippen molar-refractivity contribution in [2.24, 2.45) is 0 Å². The number of sulfonamides is 1. The maximum atomic E-state index is 12.9. The molecule has 3 heterocycles. The van der Waals surface area contributed by atoms with Gasteiger partial charge in [-0.2, -0.15) is 4.31 Å². The van der Waals surface area contributed by atoms with E-state index in [-0.39, 0.29) is 30.8 Å². The van der Waals surface area contributed by atoms with E-state index in [1.807, 2.05) is 24.4 Å². The second kappa shape index (κ2) is 7.05. The van der Waals surface area contributed by atoms with Crippen molar-refractivity contribution in [2.45, 2.75) is 26.4 Å². The van der Waals surface area contributed by atoms with Gasteiger partial charge in [-0.25, -0.2) is 8.42 Å². The summed E-state index contributed by atoms with van der Waals surface area (Å²) < 4.78 is 32.9. The van der Waals surface area contributed by atoms with E-state index in [2.05, 4.69) is 4.57 Å². The van der Waals surface area contributed by atoms with Crippen LogP contribution in [0.3, 0.4) is 0 Å². The molecule has 8 heteroatoms. The van der Waals surface area contributed by atoms with Gasteiger partial charge in [-0.15, -0.1) is 0 Å². The van der Waals surface area contributed by atoms with Crippen LogP contribution in [0.15, 0.2) is 41.3 Å². The van der Waals surface area contributed by atoms with E-state index in [1.54, 1.807) is 31.3 Å². The maximum absolute atomic E-state index is 12.9. The Bertz CT molecular complexity index is 826. The Morgan fingerprint density at radius 3 is 2.76 bits per heavy atom. The fourth-order valence-electron chi connectivity index (χ4n) is 3.26. The highest BCUT2D eigenvalue weighted by atomic mass is 32.2. The zero-order valence-electron chi connectivity index (χ0n) is 14.5. The molecule has 1 amide bonds. The summed E-state index contributed by atoms with van der Waals surface area (Å²) in [5.41, 5.74) is 1.89. The number of amides is 1. The number of rotatable bonds is 6. The lowest BCUT2D eigenvalue weighted by atomic mass is 10.0. The second-order valence-corrected chi connectivity index (χ2v) is 8.26. The molecule has 2 aromatic rings. The first-order valence-electron chi connectivity index (χ1n) is 8.42. The molecule has 136 valence electrons. The molecule has 25 heavy (non-hydrogen) atoms. The number of likely N-dealkylation sites (N-methyl/N-ethyl adjacent to an activating group) is 1. The van der Waals surface area contributed by atoms with Gasteiger partial charge in [-0.05, 0) is 25.1 Å². The van der Waals surface area contributed by atoms with Gasteiger partial charge in [0.2, 0.25) is 15.9 Å². The summed E-state index contributed by atoms with van der Waals surface area (Å²) in [6.45, 7) is 4.69. The molecule has 0 unspecified atom stereocenters. The van der Waals surface area contributed by atoms with Gasteiger partial charge in [0.15, 0.2) is 0 Å². The van der Waals surface area contributed by atoms with Gasteiger partial charge in [-0.1, -0.05) is 6.92 Å². The lowest BCUT2D eigenvalue weighted by molar-refractivity contribution is -0.134. The van der Waals surface area contributed by atoms with Crippen molar-refractivity contribution in [3.63, 3.8) is 0 Å². The van der Waals surface area contributed by atoms with E-state index in [1.165, 1.54) is 4.31 Å². The van der Waals surface area contributed by atoms with Crippen LogP contribution in [0, 0.1) is 0 Å². The van der Waals surface area contributed by atoms with E-state index in [0.29, 0.717) is 13.1 Å². The minimum Gasteiger partial charge on any atom is -0.472 e. The molecule has 0 fully saturated rings. The summed E-state index contributed by atoms with van der Waals surface area (Å²) in [5, 5.41) is 0. The predicted octanol–water partition coefficient (Wildman–Crippen LogP) is 1.68. The van der Waals surface area contributed by atoms with Crippen LogP contribution in [0.1, 0.15) is 31.1 Å². The van der Waals surface area contributed by atoms with Crippen molar-refractivity contribution in [2.75, 3.05) is 25.4 Å². The van der Waals surface area contributed by atoms with E-state index in [4.69, 9.17) is 4.42 Å². The van der Waals surface area contributed by atoms with Crippen molar-refractivity contribution in [1.82, 2.24) is 13.8 Å². The average Bonchev–Trinajstić information content (AvgIpc) is 3.29. The summed E-state index contributed by atoms with van der Waals surface area (Å²) >= 11 is 0. The highest BCUT2D eigenvalue weighted by molar-refractivity contribution is 7.89. The van der Waals surface area contributed by atoms with Gasteiger partial charge in [0.05, 0.1) is 24.8 Å². The number of nitrogens with zero attached hydrogens (tertiary/aromatic N) is 3. The Balaban J connectivity index is 1.89. The highest BCUT2D eigenvalue weighted by Crippen LogP contribution is 2.32. The molecule has 7 nitrogen and oxygen atoms in total. The molecule has 1 atom stereocenters. The smallest absolute Gasteiger partial charge is 0.238 e. The quantitative estimate of drug-likeness (QED) is 0.781. The lowest BCUT2D eigenvalue weighted by Crippen LogP contribution is -2.48. The Hall–Kier alpha value is -2.06. The predicted molar refractivity (Wildman–Crippen MR) is 93.4 cm³/mol. The zero-order chi connectivity index (χ0) is 18.0. The van der Waals surface area contributed by atoms with Gasteiger partial charge < -0.3 is 13.9 Å². The summed E-state index contributed by atoms with van der Waals surface area (Å²) in [4.78, 5) is 14.7. The fraction of sp³-hybridized carbons (Fsp3) is 0.471. The van der Waals surface area contributed by atoms with Gasteiger partial charge in [0.25, 0.3) is 0 Å². The summed E-state index contributed by atoms with van der Waals surface area (Å²) in [6.07, 6.45) is 5.21. The van der Waals surface area contributed by atoms with Crippen molar-refractivity contribution in [3.05, 3.63) is 48.2 Å². The third kappa shape index (κ3) is 3.36. The molecule has 0 N–H and O–H groups in total. The highest BCUT2D eigenvalue weighted by Gasteiger charge is 2.34. The van der Waals surface area contributed by atoms with Crippen molar-refractivity contribution >= 4 is 15.9 Å². The number of fused-ring (bicyclic) bond motifs is 1. The molecule has 0 aromatic carbocycles. The van der Waals surface area contributed by atoms with Crippen molar-refractivity contribution < 1.29 is 17.6 Å². The number of aromatic nitrogens is 1. The third-order valence-electron chi connectivity index (χ3n) is 4.64. The average molecular weight is 365 g/mol. The van der Waals surface area contributed by atoms with Gasteiger partial charge in [0, 0.05) is 37.1 Å². The Kier molecular flexibility index (Phi) is 5.01. The molecule has 1 aliphatic heterocycles. The van der Waals surface area contributed by atoms with E-state index in [9.17, 15) is 13.2 Å². The monoisotopic (exact) mass is 365 g/mol. The molecular formula is C17H23N3O4S. The van der Waals surface area contributed by atoms with Gasteiger partial charge in [0.1, 0.15) is 6.04 Å². The van der Waals surface area contributed by atoms with E-state index < -0.39 is 10.0 Å². The first kappa shape index (κ1) is 17.8. The van der Waals surface area contributed by atoms with E-state index >= 15 is 0 Å². The fourth-order valence-corrected chi connectivity index (χ4v) is 4.33. The van der Waals surface area contributed by atoms with Gasteiger partial charge >= 0.3 is 0 Å². The van der Waals surface area contributed by atoms with Gasteiger partial charge in [-0.3, -0.25) is 4.79 Å². The first-order valence-corrected chi connectivity index (χ1v) is 10.0. The molecule has 0 bridgehead atoms. The number of carbonyl (C=O) groups excluding carboxylic acids is 1. The molecule has 0 radical (unpaired) electrons. The summed E-state index contributed by atoms with van der Waals surface area (Å²) in [5.74, 6) is -0.209. The first-order chi connectivity index (χ1) is 12.0. The van der Waals surface area contributed by atoms with Crippen LogP contribution >= 0.6 is 0 Å². The van der Waals surface area contributed by atoms with Crippen LogP contribution in [-0.4, -0.2) is 53.5 Å². The van der Waals surface area contributed by atoms with Crippen LogP contribution in [0.5, 0.6) is 0 Å².